The number of aromatic nitrogens is 1. The van der Waals surface area contributed by atoms with E-state index in [-0.39, 0.29) is 5.91 Å². The van der Waals surface area contributed by atoms with Gasteiger partial charge in [-0.1, -0.05) is 34.1 Å². The Bertz CT molecular complexity index is 638. The zero-order valence-electron chi connectivity index (χ0n) is 12.1. The molecule has 2 rings (SSSR count). The maximum Gasteiger partial charge on any atom is 0.244 e. The molecule has 1 atom stereocenters. The summed E-state index contributed by atoms with van der Waals surface area (Å²) in [6.45, 7) is 4.04. The fraction of sp³-hybridized carbons (Fsp3) is 0.250. The Morgan fingerprint density at radius 2 is 2.00 bits per heavy atom. The van der Waals surface area contributed by atoms with Gasteiger partial charge in [0, 0.05) is 10.7 Å². The van der Waals surface area contributed by atoms with Gasteiger partial charge in [0.05, 0.1) is 12.2 Å². The van der Waals surface area contributed by atoms with Crippen LogP contribution in [0.2, 0.25) is 0 Å². The van der Waals surface area contributed by atoms with Gasteiger partial charge in [-0.3, -0.25) is 9.78 Å². The first-order valence-corrected chi connectivity index (χ1v) is 7.44. The molecule has 5 heteroatoms. The van der Waals surface area contributed by atoms with Crippen LogP contribution in [-0.2, 0) is 16.9 Å². The van der Waals surface area contributed by atoms with Gasteiger partial charge in [0.2, 0.25) is 5.91 Å². The number of carbonyl (C=O) groups is 1. The molecule has 0 saturated carbocycles. The molecule has 0 saturated heterocycles. The minimum absolute atomic E-state index is 0.227. The Morgan fingerprint density at radius 3 is 2.62 bits per heavy atom. The molecule has 3 N–H and O–H groups in total. The van der Waals surface area contributed by atoms with Gasteiger partial charge in [0.25, 0.3) is 0 Å². The lowest BCUT2D eigenvalue weighted by molar-refractivity contribution is -0.126. The largest absolute Gasteiger partial charge is 0.349 e. The number of nitrogens with zero attached hydrogens (tertiary/aromatic N) is 1. The smallest absolute Gasteiger partial charge is 0.244 e. The van der Waals surface area contributed by atoms with Crippen molar-refractivity contribution in [2.24, 2.45) is 5.73 Å². The van der Waals surface area contributed by atoms with Crippen molar-refractivity contribution in [2.45, 2.75) is 25.9 Å². The average molecular weight is 348 g/mol. The summed E-state index contributed by atoms with van der Waals surface area (Å²) in [6.07, 6.45) is 1.71. The third kappa shape index (κ3) is 3.68. The van der Waals surface area contributed by atoms with E-state index < -0.39 is 5.54 Å². The van der Waals surface area contributed by atoms with E-state index in [9.17, 15) is 4.79 Å². The minimum atomic E-state index is -1.08. The van der Waals surface area contributed by atoms with E-state index >= 15 is 0 Å². The average Bonchev–Trinajstić information content (AvgIpc) is 2.46. The molecule has 2 aromatic rings. The van der Waals surface area contributed by atoms with Crippen molar-refractivity contribution in [2.75, 3.05) is 0 Å². The van der Waals surface area contributed by atoms with Gasteiger partial charge in [0.15, 0.2) is 0 Å². The van der Waals surface area contributed by atoms with E-state index in [4.69, 9.17) is 5.73 Å². The third-order valence-corrected chi connectivity index (χ3v) is 3.98. The fourth-order valence-corrected chi connectivity index (χ4v) is 2.24. The lowest BCUT2D eigenvalue weighted by Crippen LogP contribution is -2.48. The Kier molecular flexibility index (Phi) is 4.75. The second-order valence-corrected chi connectivity index (χ2v) is 6.07. The molecule has 110 valence electrons. The first kappa shape index (κ1) is 15.7. The van der Waals surface area contributed by atoms with Crippen molar-refractivity contribution >= 4 is 21.8 Å². The van der Waals surface area contributed by atoms with Crippen LogP contribution in [0.15, 0.2) is 47.1 Å². The third-order valence-electron chi connectivity index (χ3n) is 3.45. The summed E-state index contributed by atoms with van der Waals surface area (Å²) in [6, 6.07) is 11.3. The highest BCUT2D eigenvalue weighted by atomic mass is 79.9. The lowest BCUT2D eigenvalue weighted by Gasteiger charge is -2.24. The van der Waals surface area contributed by atoms with E-state index in [1.807, 2.05) is 43.3 Å². The second-order valence-electron chi connectivity index (χ2n) is 5.16. The van der Waals surface area contributed by atoms with Crippen LogP contribution in [0.3, 0.4) is 0 Å². The Hall–Kier alpha value is -1.72. The predicted octanol–water partition coefficient (Wildman–Crippen LogP) is 2.64. The number of hydrogen-bond acceptors (Lipinski definition) is 3. The zero-order valence-corrected chi connectivity index (χ0v) is 13.6. The molecule has 0 bridgehead atoms. The summed E-state index contributed by atoms with van der Waals surface area (Å²) in [5, 5.41) is 2.85. The summed E-state index contributed by atoms with van der Waals surface area (Å²) in [5.41, 5.74) is 7.76. The highest BCUT2D eigenvalue weighted by Gasteiger charge is 2.30. The summed E-state index contributed by atoms with van der Waals surface area (Å²) in [7, 11) is 0. The van der Waals surface area contributed by atoms with Crippen LogP contribution in [0, 0.1) is 6.92 Å². The van der Waals surface area contributed by atoms with Crippen LogP contribution >= 0.6 is 15.9 Å². The van der Waals surface area contributed by atoms with Gasteiger partial charge in [-0.15, -0.1) is 0 Å². The molecule has 0 fully saturated rings. The number of halogens is 1. The molecule has 21 heavy (non-hydrogen) atoms. The van der Waals surface area contributed by atoms with Crippen LogP contribution in [0.4, 0.5) is 0 Å². The maximum atomic E-state index is 12.4. The molecule has 1 aromatic heterocycles. The summed E-state index contributed by atoms with van der Waals surface area (Å²) < 4.78 is 0.951. The predicted molar refractivity (Wildman–Crippen MR) is 86.5 cm³/mol. The van der Waals surface area contributed by atoms with Gasteiger partial charge >= 0.3 is 0 Å². The fourth-order valence-electron chi connectivity index (χ4n) is 1.98. The van der Waals surface area contributed by atoms with Crippen LogP contribution in [0.25, 0.3) is 0 Å². The van der Waals surface area contributed by atoms with Crippen molar-refractivity contribution in [3.8, 4) is 0 Å². The zero-order chi connectivity index (χ0) is 15.5. The number of hydrogen-bond donors (Lipinski definition) is 2. The second kappa shape index (κ2) is 6.37. The summed E-state index contributed by atoms with van der Waals surface area (Å²) >= 11 is 3.37. The molecule has 1 heterocycles. The monoisotopic (exact) mass is 347 g/mol. The molecule has 0 radical (unpaired) electrons. The highest BCUT2D eigenvalue weighted by Crippen LogP contribution is 2.20. The molecular formula is C16H18BrN3O. The molecule has 0 spiro atoms. The van der Waals surface area contributed by atoms with Crippen molar-refractivity contribution in [1.82, 2.24) is 10.3 Å². The number of nitrogens with one attached hydrogen (secondary N) is 1. The van der Waals surface area contributed by atoms with Gasteiger partial charge < -0.3 is 11.1 Å². The normalized spacial score (nSPS) is 13.5. The molecule has 1 aromatic carbocycles. The maximum absolute atomic E-state index is 12.4. The number of nitrogens with two attached hydrogens (primary N) is 1. The molecule has 1 unspecified atom stereocenters. The van der Waals surface area contributed by atoms with Crippen molar-refractivity contribution in [3.05, 3.63) is 63.9 Å². The van der Waals surface area contributed by atoms with E-state index in [2.05, 4.69) is 26.2 Å². The van der Waals surface area contributed by atoms with Crippen LogP contribution < -0.4 is 11.1 Å². The van der Waals surface area contributed by atoms with E-state index in [1.165, 1.54) is 0 Å². The lowest BCUT2D eigenvalue weighted by atomic mass is 9.92. The quantitative estimate of drug-likeness (QED) is 0.893. The van der Waals surface area contributed by atoms with E-state index in [1.54, 1.807) is 13.1 Å². The number of aryl methyl sites for hydroxylation is 1. The topological polar surface area (TPSA) is 68.0 Å². The van der Waals surface area contributed by atoms with Crippen molar-refractivity contribution in [3.63, 3.8) is 0 Å². The number of carbonyl (C=O) groups excluding carboxylic acids is 1. The summed E-state index contributed by atoms with van der Waals surface area (Å²) in [4.78, 5) is 16.6. The van der Waals surface area contributed by atoms with Gasteiger partial charge in [-0.25, -0.2) is 0 Å². The Morgan fingerprint density at radius 1 is 1.33 bits per heavy atom. The van der Waals surface area contributed by atoms with E-state index in [0.717, 1.165) is 21.3 Å². The molecule has 0 aliphatic carbocycles. The van der Waals surface area contributed by atoms with Crippen molar-refractivity contribution < 1.29 is 4.79 Å². The highest BCUT2D eigenvalue weighted by molar-refractivity contribution is 9.10. The van der Waals surface area contributed by atoms with E-state index in [0.29, 0.717) is 6.54 Å². The minimum Gasteiger partial charge on any atom is -0.349 e. The summed E-state index contributed by atoms with van der Waals surface area (Å²) in [5.74, 6) is -0.227. The standard InChI is InChI=1S/C16H18BrN3O/c1-11-4-3-9-19-14(11)10-20-15(21)16(2,18)12-5-7-13(17)8-6-12/h3-9H,10,18H2,1-2H3,(H,20,21). The first-order chi connectivity index (χ1) is 9.91. The Balaban J connectivity index is 2.08. The van der Waals surface area contributed by atoms with Crippen molar-refractivity contribution in [1.29, 1.82) is 0 Å². The van der Waals surface area contributed by atoms with Crippen LogP contribution in [-0.4, -0.2) is 10.9 Å². The number of benzene rings is 1. The number of pyridine rings is 1. The SMILES string of the molecule is Cc1cccnc1CNC(=O)C(C)(N)c1ccc(Br)cc1. The molecule has 1 amide bonds. The van der Waals surface area contributed by atoms with Crippen LogP contribution in [0.1, 0.15) is 23.7 Å². The van der Waals surface area contributed by atoms with Gasteiger partial charge in [-0.05, 0) is 43.2 Å². The molecule has 4 nitrogen and oxygen atoms in total. The number of rotatable bonds is 4. The van der Waals surface area contributed by atoms with Gasteiger partial charge in [-0.2, -0.15) is 0 Å². The van der Waals surface area contributed by atoms with Crippen LogP contribution in [0.5, 0.6) is 0 Å². The molecule has 0 aliphatic heterocycles. The molecular weight excluding hydrogens is 330 g/mol. The number of amides is 1. The molecule has 0 aliphatic rings. The van der Waals surface area contributed by atoms with Gasteiger partial charge in [0.1, 0.15) is 5.54 Å². The Labute approximate surface area is 132 Å². The first-order valence-electron chi connectivity index (χ1n) is 6.65.